The van der Waals surface area contributed by atoms with Crippen LogP contribution in [0.1, 0.15) is 45.4 Å². The maximum Gasteiger partial charge on any atom is 0.306 e. The van der Waals surface area contributed by atoms with Crippen LogP contribution in [-0.2, 0) is 19.1 Å². The lowest BCUT2D eigenvalue weighted by molar-refractivity contribution is -0.149. The van der Waals surface area contributed by atoms with Crippen LogP contribution in [-0.4, -0.2) is 42.8 Å². The van der Waals surface area contributed by atoms with E-state index in [0.29, 0.717) is 6.42 Å². The van der Waals surface area contributed by atoms with E-state index in [4.69, 9.17) is 4.74 Å². The summed E-state index contributed by atoms with van der Waals surface area (Å²) in [6, 6.07) is 0. The molecule has 19 heavy (non-hydrogen) atoms. The molecule has 1 heterocycles. The molecule has 1 aliphatic rings. The van der Waals surface area contributed by atoms with Gasteiger partial charge in [0.05, 0.1) is 12.3 Å². The molecule has 0 aromatic heterocycles. The van der Waals surface area contributed by atoms with E-state index in [9.17, 15) is 14.4 Å². The largest absolute Gasteiger partial charge is 0.465 e. The molecule has 1 rings (SSSR count). The van der Waals surface area contributed by atoms with Crippen LogP contribution in [0.25, 0.3) is 0 Å². The zero-order valence-electron chi connectivity index (χ0n) is 11.8. The predicted octanol–water partition coefficient (Wildman–Crippen LogP) is 1.55. The number of rotatable bonds is 6. The zero-order chi connectivity index (χ0) is 14.3. The molecule has 108 valence electrons. The van der Waals surface area contributed by atoms with Crippen LogP contribution in [0.2, 0.25) is 0 Å². The van der Waals surface area contributed by atoms with Crippen molar-refractivity contribution in [3.63, 3.8) is 0 Å². The summed E-state index contributed by atoms with van der Waals surface area (Å²) in [6.07, 6.45) is 3.53. The van der Waals surface area contributed by atoms with E-state index >= 15 is 0 Å². The van der Waals surface area contributed by atoms with Gasteiger partial charge in [0.25, 0.3) is 0 Å². The summed E-state index contributed by atoms with van der Waals surface area (Å²) >= 11 is 0. The van der Waals surface area contributed by atoms with Crippen LogP contribution in [0.5, 0.6) is 0 Å². The van der Waals surface area contributed by atoms with Gasteiger partial charge in [0.2, 0.25) is 5.91 Å². The van der Waals surface area contributed by atoms with Crippen molar-refractivity contribution in [3.05, 3.63) is 0 Å². The van der Waals surface area contributed by atoms with Gasteiger partial charge in [0.1, 0.15) is 12.4 Å². The molecule has 5 heteroatoms. The number of Topliss-reactive ketones (excluding diaryl/α,β-unsaturated/α-hetero) is 1. The van der Waals surface area contributed by atoms with Crippen molar-refractivity contribution >= 4 is 17.7 Å². The second kappa shape index (κ2) is 7.92. The van der Waals surface area contributed by atoms with Gasteiger partial charge in [-0.05, 0) is 12.8 Å². The van der Waals surface area contributed by atoms with Gasteiger partial charge in [-0.2, -0.15) is 0 Å². The Balaban J connectivity index is 2.32. The van der Waals surface area contributed by atoms with Gasteiger partial charge in [0, 0.05) is 26.4 Å². The number of ketones is 1. The van der Waals surface area contributed by atoms with Crippen LogP contribution < -0.4 is 0 Å². The summed E-state index contributed by atoms with van der Waals surface area (Å²) in [6.45, 7) is 2.68. The molecule has 1 aliphatic heterocycles. The first-order valence-electron chi connectivity index (χ1n) is 6.97. The second-order valence-electron chi connectivity index (χ2n) is 5.03. The molecule has 1 saturated heterocycles. The Morgan fingerprint density at radius 2 is 2.05 bits per heavy atom. The van der Waals surface area contributed by atoms with Crippen molar-refractivity contribution in [3.8, 4) is 0 Å². The maximum absolute atomic E-state index is 12.0. The lowest BCUT2D eigenvalue weighted by Crippen LogP contribution is -2.34. The van der Waals surface area contributed by atoms with Crippen molar-refractivity contribution in [1.29, 1.82) is 0 Å². The van der Waals surface area contributed by atoms with Crippen molar-refractivity contribution in [1.82, 2.24) is 4.90 Å². The second-order valence-corrected chi connectivity index (χ2v) is 5.03. The summed E-state index contributed by atoms with van der Waals surface area (Å²) in [7, 11) is 1.78. The van der Waals surface area contributed by atoms with Gasteiger partial charge in [-0.1, -0.05) is 13.3 Å². The highest BCUT2D eigenvalue weighted by Gasteiger charge is 2.25. The fourth-order valence-electron chi connectivity index (χ4n) is 2.12. The van der Waals surface area contributed by atoms with E-state index in [1.165, 1.54) is 0 Å². The third kappa shape index (κ3) is 5.41. The molecule has 5 nitrogen and oxygen atoms in total. The lowest BCUT2D eigenvalue weighted by Gasteiger charge is -2.19. The summed E-state index contributed by atoms with van der Waals surface area (Å²) in [5, 5.41) is 0. The standard InChI is InChI=1S/C14H23NO4/c1-3-12(16)7-8-13(17)19-10-11-6-4-5-9-15(2)14(11)18/h11H,3-10H2,1-2H3. The van der Waals surface area contributed by atoms with Crippen LogP contribution in [0.3, 0.4) is 0 Å². The number of hydrogen-bond donors (Lipinski definition) is 0. The molecule has 1 fully saturated rings. The van der Waals surface area contributed by atoms with Crippen molar-refractivity contribution in [2.75, 3.05) is 20.2 Å². The van der Waals surface area contributed by atoms with Crippen LogP contribution in [0.4, 0.5) is 0 Å². The van der Waals surface area contributed by atoms with Gasteiger partial charge >= 0.3 is 5.97 Å². The highest BCUT2D eigenvalue weighted by molar-refractivity contribution is 5.83. The Morgan fingerprint density at radius 3 is 2.74 bits per heavy atom. The number of carbonyl (C=O) groups is 3. The summed E-state index contributed by atoms with van der Waals surface area (Å²) in [4.78, 5) is 36.2. The molecule has 0 saturated carbocycles. The Kier molecular flexibility index (Phi) is 6.53. The third-order valence-corrected chi connectivity index (χ3v) is 3.47. The highest BCUT2D eigenvalue weighted by Crippen LogP contribution is 2.17. The molecule has 0 aromatic carbocycles. The van der Waals surface area contributed by atoms with E-state index in [0.717, 1.165) is 25.8 Å². The van der Waals surface area contributed by atoms with Gasteiger partial charge in [-0.3, -0.25) is 14.4 Å². The monoisotopic (exact) mass is 269 g/mol. The fourth-order valence-corrected chi connectivity index (χ4v) is 2.12. The average Bonchev–Trinajstić information content (AvgIpc) is 2.57. The number of amides is 1. The summed E-state index contributed by atoms with van der Waals surface area (Å²) < 4.78 is 5.11. The molecular formula is C14H23NO4. The lowest BCUT2D eigenvalue weighted by atomic mass is 10.0. The molecule has 0 aromatic rings. The minimum absolute atomic E-state index is 0.0509. The predicted molar refractivity (Wildman–Crippen MR) is 70.5 cm³/mol. The molecular weight excluding hydrogens is 246 g/mol. The summed E-state index contributed by atoms with van der Waals surface area (Å²) in [5.74, 6) is -0.503. The van der Waals surface area contributed by atoms with Crippen molar-refractivity contribution < 1.29 is 19.1 Å². The number of carbonyl (C=O) groups excluding carboxylic acids is 3. The van der Waals surface area contributed by atoms with E-state index < -0.39 is 0 Å². The smallest absolute Gasteiger partial charge is 0.306 e. The molecule has 0 spiro atoms. The van der Waals surface area contributed by atoms with Crippen LogP contribution in [0, 0.1) is 5.92 Å². The van der Waals surface area contributed by atoms with Crippen LogP contribution >= 0.6 is 0 Å². The molecule has 0 aliphatic carbocycles. The quantitative estimate of drug-likeness (QED) is 0.686. The fraction of sp³-hybridized carbons (Fsp3) is 0.786. The molecule has 0 N–H and O–H groups in total. The Morgan fingerprint density at radius 1 is 1.32 bits per heavy atom. The molecule has 0 radical (unpaired) electrons. The number of esters is 1. The normalized spacial score (nSPS) is 20.0. The van der Waals surface area contributed by atoms with Gasteiger partial charge < -0.3 is 9.64 Å². The number of hydrogen-bond acceptors (Lipinski definition) is 4. The van der Waals surface area contributed by atoms with Crippen molar-refractivity contribution in [2.45, 2.75) is 45.4 Å². The van der Waals surface area contributed by atoms with Crippen LogP contribution in [0.15, 0.2) is 0 Å². The zero-order valence-corrected chi connectivity index (χ0v) is 11.8. The average molecular weight is 269 g/mol. The first-order chi connectivity index (χ1) is 9.04. The molecule has 1 unspecified atom stereocenters. The van der Waals surface area contributed by atoms with E-state index in [1.807, 2.05) is 0 Å². The van der Waals surface area contributed by atoms with Gasteiger partial charge in [-0.15, -0.1) is 0 Å². The van der Waals surface area contributed by atoms with E-state index in [-0.39, 0.29) is 43.0 Å². The van der Waals surface area contributed by atoms with Gasteiger partial charge in [0.15, 0.2) is 0 Å². The number of likely N-dealkylation sites (tertiary alicyclic amines) is 1. The maximum atomic E-state index is 12.0. The molecule has 1 amide bonds. The van der Waals surface area contributed by atoms with E-state index in [1.54, 1.807) is 18.9 Å². The van der Waals surface area contributed by atoms with E-state index in [2.05, 4.69) is 0 Å². The van der Waals surface area contributed by atoms with Gasteiger partial charge in [-0.25, -0.2) is 0 Å². The first-order valence-corrected chi connectivity index (χ1v) is 6.97. The Bertz CT molecular complexity index is 340. The Hall–Kier alpha value is -1.39. The number of ether oxygens (including phenoxy) is 1. The first kappa shape index (κ1) is 15.7. The minimum atomic E-state index is -0.388. The van der Waals surface area contributed by atoms with Crippen molar-refractivity contribution in [2.24, 2.45) is 5.92 Å². The SMILES string of the molecule is CCC(=O)CCC(=O)OCC1CCCCN(C)C1=O. The molecule has 1 atom stereocenters. The summed E-state index contributed by atoms with van der Waals surface area (Å²) in [5.41, 5.74) is 0. The topological polar surface area (TPSA) is 63.7 Å². The minimum Gasteiger partial charge on any atom is -0.465 e. The Labute approximate surface area is 114 Å². The third-order valence-electron chi connectivity index (χ3n) is 3.47. The number of nitrogens with zero attached hydrogens (tertiary/aromatic N) is 1. The molecule has 0 bridgehead atoms. The highest BCUT2D eigenvalue weighted by atomic mass is 16.5.